The quantitative estimate of drug-likeness (QED) is 0.689. The molecule has 2 N–H and O–H groups in total. The van der Waals surface area contributed by atoms with E-state index in [2.05, 4.69) is 20.6 Å². The summed E-state index contributed by atoms with van der Waals surface area (Å²) in [5.41, 5.74) is 1.51. The standard InChI is InChI=1S/C22H24N4O2/c1-22(2,3)26-21(27)17-14-19(23-16-12-8-9-13-18(16)28-4)25-20(24-17)15-10-6-5-7-11-15/h5-14H,1-4H3,(H,26,27)(H,23,24,25). The largest absolute Gasteiger partial charge is 0.495 e. The Bertz CT molecular complexity index is 966. The van der Waals surface area contributed by atoms with E-state index in [0.29, 0.717) is 23.1 Å². The molecule has 0 aliphatic rings. The number of para-hydroxylation sites is 2. The Balaban J connectivity index is 2.03. The number of ether oxygens (including phenoxy) is 1. The number of methoxy groups -OCH3 is 1. The Morgan fingerprint density at radius 2 is 1.64 bits per heavy atom. The summed E-state index contributed by atoms with van der Waals surface area (Å²) in [5.74, 6) is 1.41. The monoisotopic (exact) mass is 376 g/mol. The van der Waals surface area contributed by atoms with E-state index in [1.54, 1.807) is 13.2 Å². The van der Waals surface area contributed by atoms with Gasteiger partial charge in [-0.05, 0) is 32.9 Å². The third-order valence-corrected chi connectivity index (χ3v) is 3.85. The van der Waals surface area contributed by atoms with E-state index in [9.17, 15) is 4.79 Å². The molecule has 3 rings (SSSR count). The second-order valence-corrected chi connectivity index (χ2v) is 7.36. The van der Waals surface area contributed by atoms with Gasteiger partial charge in [0.25, 0.3) is 5.91 Å². The average molecular weight is 376 g/mol. The number of anilines is 2. The van der Waals surface area contributed by atoms with Gasteiger partial charge < -0.3 is 15.4 Å². The third-order valence-electron chi connectivity index (χ3n) is 3.85. The molecule has 0 aliphatic heterocycles. The fraction of sp³-hybridized carbons (Fsp3) is 0.227. The smallest absolute Gasteiger partial charge is 0.270 e. The van der Waals surface area contributed by atoms with Crippen LogP contribution in [0.15, 0.2) is 60.7 Å². The number of nitrogens with one attached hydrogen (secondary N) is 2. The van der Waals surface area contributed by atoms with Crippen LogP contribution in [0.4, 0.5) is 11.5 Å². The van der Waals surface area contributed by atoms with Crippen LogP contribution in [0.5, 0.6) is 5.75 Å². The van der Waals surface area contributed by atoms with Crippen LogP contribution in [0.3, 0.4) is 0 Å². The Morgan fingerprint density at radius 1 is 0.964 bits per heavy atom. The van der Waals surface area contributed by atoms with Crippen LogP contribution in [0.2, 0.25) is 0 Å². The topological polar surface area (TPSA) is 76.1 Å². The predicted molar refractivity (Wildman–Crippen MR) is 111 cm³/mol. The first-order chi connectivity index (χ1) is 13.4. The lowest BCUT2D eigenvalue weighted by Gasteiger charge is -2.20. The Labute approximate surface area is 165 Å². The Morgan fingerprint density at radius 3 is 2.32 bits per heavy atom. The predicted octanol–water partition coefficient (Wildman–Crippen LogP) is 4.42. The van der Waals surface area contributed by atoms with E-state index in [1.807, 2.05) is 75.4 Å². The molecule has 0 saturated carbocycles. The normalized spacial score (nSPS) is 11.0. The summed E-state index contributed by atoms with van der Waals surface area (Å²) in [6.45, 7) is 5.79. The van der Waals surface area contributed by atoms with Crippen molar-refractivity contribution in [3.63, 3.8) is 0 Å². The van der Waals surface area contributed by atoms with Gasteiger partial charge in [0.1, 0.15) is 17.3 Å². The molecular formula is C22H24N4O2. The number of hydrogen-bond acceptors (Lipinski definition) is 5. The molecule has 0 atom stereocenters. The molecule has 0 bridgehead atoms. The summed E-state index contributed by atoms with van der Waals surface area (Å²) in [6, 6.07) is 18.7. The van der Waals surface area contributed by atoms with Crippen molar-refractivity contribution in [1.82, 2.24) is 15.3 Å². The zero-order chi connectivity index (χ0) is 20.1. The van der Waals surface area contributed by atoms with E-state index in [4.69, 9.17) is 4.74 Å². The lowest BCUT2D eigenvalue weighted by atomic mass is 10.1. The van der Waals surface area contributed by atoms with Gasteiger partial charge in [0.15, 0.2) is 5.82 Å². The van der Waals surface area contributed by atoms with Crippen molar-refractivity contribution in [3.05, 3.63) is 66.4 Å². The molecule has 0 saturated heterocycles. The van der Waals surface area contributed by atoms with E-state index in [1.165, 1.54) is 0 Å². The van der Waals surface area contributed by atoms with Gasteiger partial charge in [-0.15, -0.1) is 0 Å². The van der Waals surface area contributed by atoms with Crippen molar-refractivity contribution in [1.29, 1.82) is 0 Å². The van der Waals surface area contributed by atoms with E-state index < -0.39 is 0 Å². The molecule has 144 valence electrons. The van der Waals surface area contributed by atoms with Gasteiger partial charge in [-0.1, -0.05) is 42.5 Å². The van der Waals surface area contributed by atoms with Crippen molar-refractivity contribution in [2.24, 2.45) is 0 Å². The van der Waals surface area contributed by atoms with Crippen LogP contribution in [0.1, 0.15) is 31.3 Å². The molecule has 1 aromatic heterocycles. The van der Waals surface area contributed by atoms with Gasteiger partial charge in [-0.25, -0.2) is 9.97 Å². The summed E-state index contributed by atoms with van der Waals surface area (Å²) in [4.78, 5) is 21.8. The molecule has 1 amide bonds. The second kappa shape index (κ2) is 8.08. The number of rotatable bonds is 5. The van der Waals surface area contributed by atoms with Crippen LogP contribution >= 0.6 is 0 Å². The first-order valence-corrected chi connectivity index (χ1v) is 9.03. The summed E-state index contributed by atoms with van der Waals surface area (Å²) in [7, 11) is 1.61. The molecule has 1 heterocycles. The number of hydrogen-bond donors (Lipinski definition) is 2. The third kappa shape index (κ3) is 4.85. The molecule has 28 heavy (non-hydrogen) atoms. The van der Waals surface area contributed by atoms with Crippen LogP contribution < -0.4 is 15.4 Å². The van der Waals surface area contributed by atoms with Gasteiger partial charge in [0, 0.05) is 17.2 Å². The lowest BCUT2D eigenvalue weighted by Crippen LogP contribution is -2.41. The van der Waals surface area contributed by atoms with Crippen molar-refractivity contribution < 1.29 is 9.53 Å². The van der Waals surface area contributed by atoms with Crippen molar-refractivity contribution in [2.45, 2.75) is 26.3 Å². The zero-order valence-corrected chi connectivity index (χ0v) is 16.5. The van der Waals surface area contributed by atoms with Crippen LogP contribution in [0, 0.1) is 0 Å². The minimum absolute atomic E-state index is 0.254. The number of carbonyl (C=O) groups excluding carboxylic acids is 1. The van der Waals surface area contributed by atoms with Gasteiger partial charge in [-0.3, -0.25) is 4.79 Å². The first kappa shape index (κ1) is 19.4. The molecule has 0 fully saturated rings. The molecule has 6 heteroatoms. The average Bonchev–Trinajstić information content (AvgIpc) is 2.67. The minimum atomic E-state index is -0.370. The summed E-state index contributed by atoms with van der Waals surface area (Å²) >= 11 is 0. The van der Waals surface area contributed by atoms with Gasteiger partial charge >= 0.3 is 0 Å². The van der Waals surface area contributed by atoms with Crippen LogP contribution in [-0.4, -0.2) is 28.5 Å². The second-order valence-electron chi connectivity index (χ2n) is 7.36. The highest BCUT2D eigenvalue weighted by Gasteiger charge is 2.19. The molecule has 0 unspecified atom stereocenters. The molecule has 0 spiro atoms. The number of amides is 1. The van der Waals surface area contributed by atoms with Crippen molar-refractivity contribution >= 4 is 17.4 Å². The fourth-order valence-electron chi connectivity index (χ4n) is 2.63. The molecule has 0 aliphatic carbocycles. The Kier molecular flexibility index (Phi) is 5.59. The number of benzene rings is 2. The maximum absolute atomic E-state index is 12.7. The Hall–Kier alpha value is -3.41. The summed E-state index contributed by atoms with van der Waals surface area (Å²) in [5, 5.41) is 6.18. The number of carbonyl (C=O) groups is 1. The summed E-state index contributed by atoms with van der Waals surface area (Å²) in [6.07, 6.45) is 0. The molecule has 2 aromatic carbocycles. The highest BCUT2D eigenvalue weighted by molar-refractivity contribution is 5.94. The zero-order valence-electron chi connectivity index (χ0n) is 16.5. The fourth-order valence-corrected chi connectivity index (χ4v) is 2.63. The first-order valence-electron chi connectivity index (χ1n) is 9.03. The molecule has 6 nitrogen and oxygen atoms in total. The lowest BCUT2D eigenvalue weighted by molar-refractivity contribution is 0.0914. The van der Waals surface area contributed by atoms with Gasteiger partial charge in [0.05, 0.1) is 12.8 Å². The minimum Gasteiger partial charge on any atom is -0.495 e. The van der Waals surface area contributed by atoms with Gasteiger partial charge in [-0.2, -0.15) is 0 Å². The number of nitrogens with zero attached hydrogens (tertiary/aromatic N) is 2. The van der Waals surface area contributed by atoms with E-state index >= 15 is 0 Å². The van der Waals surface area contributed by atoms with Crippen LogP contribution in [-0.2, 0) is 0 Å². The SMILES string of the molecule is COc1ccccc1Nc1cc(C(=O)NC(C)(C)C)nc(-c2ccccc2)n1. The van der Waals surface area contributed by atoms with Crippen LogP contribution in [0.25, 0.3) is 11.4 Å². The van der Waals surface area contributed by atoms with Crippen molar-refractivity contribution in [3.8, 4) is 17.1 Å². The maximum Gasteiger partial charge on any atom is 0.270 e. The maximum atomic E-state index is 12.7. The van der Waals surface area contributed by atoms with E-state index in [0.717, 1.165) is 11.3 Å². The summed E-state index contributed by atoms with van der Waals surface area (Å²) < 4.78 is 5.39. The number of aromatic nitrogens is 2. The van der Waals surface area contributed by atoms with Gasteiger partial charge in [0.2, 0.25) is 0 Å². The van der Waals surface area contributed by atoms with Crippen molar-refractivity contribution in [2.75, 3.05) is 12.4 Å². The molecule has 0 radical (unpaired) electrons. The highest BCUT2D eigenvalue weighted by Crippen LogP contribution is 2.27. The van der Waals surface area contributed by atoms with E-state index in [-0.39, 0.29) is 11.4 Å². The highest BCUT2D eigenvalue weighted by atomic mass is 16.5. The molecular weight excluding hydrogens is 352 g/mol. The molecule has 3 aromatic rings.